The van der Waals surface area contributed by atoms with Crippen LogP contribution < -0.4 is 77.4 Å². The lowest BCUT2D eigenvalue weighted by molar-refractivity contribution is -0.119. The molecule has 8 heterocycles. The minimum Gasteiger partial charge on any atom is -0.399 e. The number of carbonyl (C=O) groups is 6. The molecule has 0 radical (unpaired) electrons. The van der Waals surface area contributed by atoms with E-state index < -0.39 is 82.9 Å². The number of rotatable bonds is 24. The van der Waals surface area contributed by atoms with Gasteiger partial charge in [0.15, 0.2) is 52.4 Å². The first-order chi connectivity index (χ1) is 53.1. The number of anilines is 11. The summed E-state index contributed by atoms with van der Waals surface area (Å²) in [5.41, 5.74) is 39.7. The molecule has 4 aromatic carbocycles. The van der Waals surface area contributed by atoms with E-state index in [0.717, 1.165) is 67.7 Å². The molecule has 0 aliphatic carbocycles. The van der Waals surface area contributed by atoms with E-state index in [2.05, 4.69) is 77.1 Å². The van der Waals surface area contributed by atoms with Gasteiger partial charge in [0.2, 0.25) is 23.6 Å². The average molecular weight is 1530 g/mol. The number of hydrogen-bond donors (Lipinski definition) is 14. The standard InChI is InChI=1S/2C19H19FN6O2.C19H17FN6O.C10H10ClFN4O.C9H8N2/c2*1-2-15(17(22)28)25-19-14(20)8-13(16(21)27)18(26-19)24-12-4-3-10-5-6-23-9-11(10)7-12;1-2-16(17(22)27)25-19-15(20)8-12(9-21)18(26-19)24-14-4-3-11-5-6-23-10-13(11)7-14;1-2-7(9(14)17)15-10-6(12)3-5(4-13)8(11)16-10;10-9-2-1-7-3-4-11-6-8(7)5-9/h2*3-9,15H,2H2,1H3,(H2,21,27)(H2,22,28)(H2,24,25,26);3-8,10,16H,2H2,1H3,(H2,22,27)(H2,24,25,26);3,7H,2H2,1H3,(H2,14,17)(H,15,16);1-6H,10H2/t2*15-;16-;7-;/m1111./s1. The van der Waals surface area contributed by atoms with Gasteiger partial charge in [0, 0.05) is 93.9 Å². The van der Waals surface area contributed by atoms with Crippen LogP contribution in [0.15, 0.2) is 171 Å². The molecule has 111 heavy (non-hydrogen) atoms. The Kier molecular flexibility index (Phi) is 28.5. The monoisotopic (exact) mass is 1530 g/mol. The summed E-state index contributed by atoms with van der Waals surface area (Å²) < 4.78 is 56.5. The van der Waals surface area contributed by atoms with Gasteiger partial charge in [-0.2, -0.15) is 10.5 Å². The van der Waals surface area contributed by atoms with Crippen LogP contribution in [0.3, 0.4) is 0 Å². The Bertz CT molecular complexity index is 5370. The molecule has 12 rings (SSSR count). The normalized spacial score (nSPS) is 11.6. The van der Waals surface area contributed by atoms with E-state index in [4.69, 9.17) is 57.0 Å². The van der Waals surface area contributed by atoms with Crippen molar-refractivity contribution in [1.29, 1.82) is 10.5 Å². The molecule has 4 atom stereocenters. The highest BCUT2D eigenvalue weighted by Gasteiger charge is 2.24. The number of hydrogen-bond acceptors (Lipinski definition) is 24. The summed E-state index contributed by atoms with van der Waals surface area (Å²) in [6, 6.07) is 34.3. The summed E-state index contributed by atoms with van der Waals surface area (Å²) in [4.78, 5) is 101. The fourth-order valence-electron chi connectivity index (χ4n) is 10.3. The van der Waals surface area contributed by atoms with Gasteiger partial charge in [0.05, 0.1) is 22.3 Å². The zero-order valence-corrected chi connectivity index (χ0v) is 60.4. The third-order valence-electron chi connectivity index (χ3n) is 16.3. The number of nitriles is 2. The maximum absolute atomic E-state index is 14.4. The molecule has 12 aromatic rings. The van der Waals surface area contributed by atoms with Crippen molar-refractivity contribution in [2.75, 3.05) is 43.0 Å². The third kappa shape index (κ3) is 22.2. The Balaban J connectivity index is 0.000000179. The maximum Gasteiger partial charge on any atom is 0.252 e. The lowest BCUT2D eigenvalue weighted by Crippen LogP contribution is -2.35. The lowest BCUT2D eigenvalue weighted by Gasteiger charge is -2.17. The van der Waals surface area contributed by atoms with E-state index >= 15 is 0 Å². The molecule has 8 aromatic heterocycles. The number of halogens is 5. The highest BCUT2D eigenvalue weighted by Crippen LogP contribution is 2.31. The molecule has 6 amide bonds. The first kappa shape index (κ1) is 82.0. The van der Waals surface area contributed by atoms with Crippen LogP contribution in [0.4, 0.5) is 81.0 Å². The van der Waals surface area contributed by atoms with Gasteiger partial charge in [-0.1, -0.05) is 63.6 Å². The number of primary amides is 6. The molecule has 0 unspecified atom stereocenters. The topological polar surface area (TPSA) is 519 Å². The van der Waals surface area contributed by atoms with E-state index in [0.29, 0.717) is 42.7 Å². The molecule has 568 valence electrons. The van der Waals surface area contributed by atoms with Crippen LogP contribution >= 0.6 is 11.6 Å². The van der Waals surface area contributed by atoms with Gasteiger partial charge in [-0.3, -0.25) is 48.7 Å². The fourth-order valence-corrected chi connectivity index (χ4v) is 10.5. The zero-order valence-electron chi connectivity index (χ0n) is 59.7. The van der Waals surface area contributed by atoms with Crippen LogP contribution in [0.2, 0.25) is 5.15 Å². The maximum atomic E-state index is 14.4. The highest BCUT2D eigenvalue weighted by atomic mass is 35.5. The van der Waals surface area contributed by atoms with Gasteiger partial charge < -0.3 is 77.4 Å². The zero-order chi connectivity index (χ0) is 80.6. The van der Waals surface area contributed by atoms with E-state index in [1.165, 1.54) is 5.39 Å². The quantitative estimate of drug-likeness (QED) is 0.0152. The van der Waals surface area contributed by atoms with E-state index in [1.807, 2.05) is 97.2 Å². The molecular weight excluding hydrogens is 1460 g/mol. The molecule has 0 aliphatic heterocycles. The fraction of sp³-hybridized carbons (Fsp3) is 0.158. The number of amides is 6. The van der Waals surface area contributed by atoms with Gasteiger partial charge in [-0.05, 0) is 144 Å². The van der Waals surface area contributed by atoms with Crippen molar-refractivity contribution in [3.8, 4) is 12.1 Å². The Morgan fingerprint density at radius 3 is 0.982 bits per heavy atom. The Morgan fingerprint density at radius 1 is 0.378 bits per heavy atom. The van der Waals surface area contributed by atoms with Crippen molar-refractivity contribution in [3.63, 3.8) is 0 Å². The molecule has 0 saturated carbocycles. The molecule has 21 N–H and O–H groups in total. The number of aromatic nitrogens is 8. The number of pyridine rings is 8. The van der Waals surface area contributed by atoms with Crippen LogP contribution in [0.25, 0.3) is 43.1 Å². The van der Waals surface area contributed by atoms with E-state index in [1.54, 1.807) is 89.3 Å². The van der Waals surface area contributed by atoms with Crippen LogP contribution in [-0.2, 0) is 19.2 Å². The van der Waals surface area contributed by atoms with Crippen molar-refractivity contribution in [1.82, 2.24) is 39.9 Å². The van der Waals surface area contributed by atoms with Gasteiger partial charge in [0.25, 0.3) is 11.8 Å². The predicted molar refractivity (Wildman–Crippen MR) is 417 cm³/mol. The van der Waals surface area contributed by atoms with Gasteiger partial charge in [0.1, 0.15) is 53.1 Å². The van der Waals surface area contributed by atoms with Crippen molar-refractivity contribution < 1.29 is 46.3 Å². The summed E-state index contributed by atoms with van der Waals surface area (Å²) in [7, 11) is 0. The molecule has 30 nitrogen and oxygen atoms in total. The molecule has 0 saturated heterocycles. The lowest BCUT2D eigenvalue weighted by atomic mass is 10.1. The first-order valence-electron chi connectivity index (χ1n) is 33.7. The van der Waals surface area contributed by atoms with Crippen LogP contribution in [0.5, 0.6) is 0 Å². The van der Waals surface area contributed by atoms with Crippen molar-refractivity contribution in [2.24, 2.45) is 34.4 Å². The molecule has 0 fully saturated rings. The minimum atomic E-state index is -0.843. The SMILES string of the molecule is CC[C@@H](Nc1nc(Cl)c(C#N)cc1F)C(N)=O.CC[C@@H](Nc1nc(Nc2ccc3ccncc3c2)c(C#N)cc1F)C(N)=O.CC[C@@H](Nc1nc(Nc2ccc3ccncc3c2)c(C(N)=O)cc1F)C(N)=O.CC[C@@H](Nc1nc(Nc2ccc3ccncc3c2)c(C(N)=O)cc1F)C(N)=O.Nc1ccc2ccncc2c1. The molecular formula is C76H73ClF4N24O6. The summed E-state index contributed by atoms with van der Waals surface area (Å²) in [6.07, 6.45) is 15.2. The summed E-state index contributed by atoms with van der Waals surface area (Å²) >= 11 is 5.65. The first-order valence-corrected chi connectivity index (χ1v) is 34.0. The predicted octanol–water partition coefficient (Wildman–Crippen LogP) is 10.9. The van der Waals surface area contributed by atoms with E-state index in [-0.39, 0.29) is 68.1 Å². The number of benzene rings is 4. The van der Waals surface area contributed by atoms with Crippen molar-refractivity contribution in [2.45, 2.75) is 77.5 Å². The second kappa shape index (κ2) is 38.6. The van der Waals surface area contributed by atoms with Gasteiger partial charge in [-0.25, -0.2) is 37.5 Å². The largest absolute Gasteiger partial charge is 0.399 e. The second-order valence-corrected chi connectivity index (χ2v) is 24.3. The smallest absolute Gasteiger partial charge is 0.252 e. The average Bonchev–Trinajstić information content (AvgIpc) is 0.817. The second-order valence-electron chi connectivity index (χ2n) is 24.0. The Morgan fingerprint density at radius 2 is 0.667 bits per heavy atom. The Labute approximate surface area is 636 Å². The Hall–Kier alpha value is -14.7. The third-order valence-corrected chi connectivity index (χ3v) is 16.5. The van der Waals surface area contributed by atoms with E-state index in [9.17, 15) is 51.6 Å². The number of fused-ring (bicyclic) bond motifs is 4. The molecule has 0 spiro atoms. The summed E-state index contributed by atoms with van der Waals surface area (Å²) in [6.45, 7) is 6.90. The van der Waals surface area contributed by atoms with Crippen LogP contribution in [0.1, 0.15) is 85.2 Å². The number of nitrogens with two attached hydrogens (primary N) is 7. The van der Waals surface area contributed by atoms with Crippen molar-refractivity contribution >= 4 is 154 Å². The highest BCUT2D eigenvalue weighted by molar-refractivity contribution is 6.30. The number of nitrogens with zero attached hydrogens (tertiary/aromatic N) is 10. The molecule has 0 bridgehead atoms. The minimum absolute atomic E-state index is 0.0384. The van der Waals surface area contributed by atoms with Crippen molar-refractivity contribution in [3.05, 3.63) is 222 Å². The molecule has 0 aliphatic rings. The molecule has 35 heteroatoms. The number of nitrogen functional groups attached to an aromatic ring is 1. The number of nitrogens with one attached hydrogen (secondary N) is 7. The number of carbonyl (C=O) groups excluding carboxylic acids is 6. The van der Waals surface area contributed by atoms with Crippen LogP contribution in [-0.4, -0.2) is 99.5 Å². The summed E-state index contributed by atoms with van der Waals surface area (Å²) in [5.74, 6) is -7.80. The van der Waals surface area contributed by atoms with Crippen LogP contribution in [0, 0.1) is 45.9 Å². The van der Waals surface area contributed by atoms with Gasteiger partial charge in [-0.15, -0.1) is 0 Å². The summed E-state index contributed by atoms with van der Waals surface area (Å²) in [5, 5.41) is 45.2. The van der Waals surface area contributed by atoms with Gasteiger partial charge >= 0.3 is 0 Å².